The van der Waals surface area contributed by atoms with Gasteiger partial charge >= 0.3 is 0 Å². The second-order valence-electron chi connectivity index (χ2n) is 6.37. The molecule has 1 aromatic heterocycles. The predicted octanol–water partition coefficient (Wildman–Crippen LogP) is 1.27. The molecule has 2 aliphatic heterocycles. The van der Waals surface area contributed by atoms with E-state index in [4.69, 9.17) is 0 Å². The number of amides is 1. The van der Waals surface area contributed by atoms with Crippen molar-refractivity contribution in [2.45, 2.75) is 57.7 Å². The van der Waals surface area contributed by atoms with Crippen molar-refractivity contribution in [2.75, 3.05) is 0 Å². The summed E-state index contributed by atoms with van der Waals surface area (Å²) < 4.78 is 1.79. The fourth-order valence-corrected chi connectivity index (χ4v) is 3.69. The van der Waals surface area contributed by atoms with Crippen molar-refractivity contribution in [3.8, 4) is 0 Å². The molecule has 5 nitrogen and oxygen atoms in total. The lowest BCUT2D eigenvalue weighted by Crippen LogP contribution is -2.39. The number of hydrogen-bond donors (Lipinski definition) is 2. The molecule has 5 heteroatoms. The monoisotopic (exact) mass is 276 g/mol. The molecule has 1 amide bonds. The van der Waals surface area contributed by atoms with Gasteiger partial charge in [-0.05, 0) is 38.5 Å². The van der Waals surface area contributed by atoms with Crippen molar-refractivity contribution < 1.29 is 4.79 Å². The molecule has 2 unspecified atom stereocenters. The quantitative estimate of drug-likeness (QED) is 0.870. The highest BCUT2D eigenvalue weighted by atomic mass is 16.1. The lowest BCUT2D eigenvalue weighted by molar-refractivity contribution is -0.122. The number of nitrogens with zero attached hydrogens (tertiary/aromatic N) is 2. The number of piperidine rings is 1. The van der Waals surface area contributed by atoms with Crippen molar-refractivity contribution in [2.24, 2.45) is 13.0 Å². The molecule has 2 aliphatic rings. The van der Waals surface area contributed by atoms with Gasteiger partial charge in [-0.2, -0.15) is 5.10 Å². The van der Waals surface area contributed by atoms with E-state index in [1.165, 1.54) is 12.8 Å². The molecular weight excluding hydrogens is 252 g/mol. The number of hydrogen-bond acceptors (Lipinski definition) is 3. The predicted molar refractivity (Wildman–Crippen MR) is 77.1 cm³/mol. The van der Waals surface area contributed by atoms with Crippen LogP contribution in [0.25, 0.3) is 0 Å². The summed E-state index contributed by atoms with van der Waals surface area (Å²) in [6.45, 7) is 2.57. The van der Waals surface area contributed by atoms with E-state index in [1.807, 2.05) is 20.2 Å². The molecule has 20 heavy (non-hydrogen) atoms. The number of aromatic nitrogens is 2. The van der Waals surface area contributed by atoms with Crippen LogP contribution in [0, 0.1) is 12.8 Å². The smallest absolute Gasteiger partial charge is 0.220 e. The van der Waals surface area contributed by atoms with Gasteiger partial charge in [0.15, 0.2) is 0 Å². The standard InChI is InChI=1S/C15H24N4O/c1-10-12(9-19(2)18-10)8-16-15(20)7-11-5-13-3-4-14(6-11)17-13/h9,11,13-14,17H,3-8H2,1-2H3,(H,16,20). The first-order chi connectivity index (χ1) is 9.60. The molecule has 3 rings (SSSR count). The maximum Gasteiger partial charge on any atom is 0.220 e. The fourth-order valence-electron chi connectivity index (χ4n) is 3.69. The average Bonchev–Trinajstić information content (AvgIpc) is 2.89. The molecule has 0 saturated carbocycles. The number of carbonyl (C=O) groups excluding carboxylic acids is 1. The maximum atomic E-state index is 12.1. The molecule has 1 aromatic rings. The van der Waals surface area contributed by atoms with E-state index in [1.54, 1.807) is 4.68 Å². The maximum absolute atomic E-state index is 12.1. The van der Waals surface area contributed by atoms with Gasteiger partial charge in [0, 0.05) is 43.9 Å². The number of nitrogens with one attached hydrogen (secondary N) is 2. The molecule has 0 aromatic carbocycles. The van der Waals surface area contributed by atoms with Gasteiger partial charge in [0.25, 0.3) is 0 Å². The highest BCUT2D eigenvalue weighted by Crippen LogP contribution is 2.32. The third-order valence-corrected chi connectivity index (χ3v) is 4.64. The Balaban J connectivity index is 1.46. The Morgan fingerprint density at radius 3 is 2.75 bits per heavy atom. The van der Waals surface area contributed by atoms with Gasteiger partial charge in [0.2, 0.25) is 5.91 Å². The zero-order valence-electron chi connectivity index (χ0n) is 12.4. The van der Waals surface area contributed by atoms with Crippen LogP contribution in [0.1, 0.15) is 43.4 Å². The largest absolute Gasteiger partial charge is 0.352 e. The van der Waals surface area contributed by atoms with Crippen LogP contribution in [0.5, 0.6) is 0 Å². The van der Waals surface area contributed by atoms with Crippen molar-refractivity contribution in [1.29, 1.82) is 0 Å². The highest BCUT2D eigenvalue weighted by Gasteiger charge is 2.34. The van der Waals surface area contributed by atoms with Gasteiger partial charge in [0.1, 0.15) is 0 Å². The third-order valence-electron chi connectivity index (χ3n) is 4.64. The lowest BCUT2D eigenvalue weighted by Gasteiger charge is -2.28. The normalized spacial score (nSPS) is 28.6. The second kappa shape index (κ2) is 5.56. The van der Waals surface area contributed by atoms with Crippen LogP contribution >= 0.6 is 0 Å². The second-order valence-corrected chi connectivity index (χ2v) is 6.37. The Morgan fingerprint density at radius 2 is 2.15 bits per heavy atom. The Labute approximate surface area is 120 Å². The molecule has 0 aliphatic carbocycles. The Kier molecular flexibility index (Phi) is 3.78. The Morgan fingerprint density at radius 1 is 1.45 bits per heavy atom. The number of carbonyl (C=O) groups is 1. The summed E-state index contributed by atoms with van der Waals surface area (Å²) in [5, 5.41) is 10.9. The van der Waals surface area contributed by atoms with Gasteiger partial charge in [-0.15, -0.1) is 0 Å². The summed E-state index contributed by atoms with van der Waals surface area (Å²) in [4.78, 5) is 12.1. The van der Waals surface area contributed by atoms with Gasteiger partial charge in [0.05, 0.1) is 5.69 Å². The summed E-state index contributed by atoms with van der Waals surface area (Å²) >= 11 is 0. The molecule has 0 radical (unpaired) electrons. The first-order valence-electron chi connectivity index (χ1n) is 7.62. The summed E-state index contributed by atoms with van der Waals surface area (Å²) in [7, 11) is 1.91. The van der Waals surface area contributed by atoms with Crippen LogP contribution in [-0.4, -0.2) is 27.8 Å². The van der Waals surface area contributed by atoms with Gasteiger partial charge in [-0.3, -0.25) is 9.48 Å². The van der Waals surface area contributed by atoms with Crippen molar-refractivity contribution in [3.63, 3.8) is 0 Å². The van der Waals surface area contributed by atoms with Crippen LogP contribution < -0.4 is 10.6 Å². The van der Waals surface area contributed by atoms with Gasteiger partial charge < -0.3 is 10.6 Å². The van der Waals surface area contributed by atoms with Crippen LogP contribution in [0.2, 0.25) is 0 Å². The SMILES string of the molecule is Cc1nn(C)cc1CNC(=O)CC1CC2CCC(C1)N2. The fraction of sp³-hybridized carbons (Fsp3) is 0.733. The van der Waals surface area contributed by atoms with Crippen LogP contribution in [0.3, 0.4) is 0 Å². The van der Waals surface area contributed by atoms with Crippen molar-refractivity contribution in [1.82, 2.24) is 20.4 Å². The molecule has 0 spiro atoms. The van der Waals surface area contributed by atoms with Crippen LogP contribution in [-0.2, 0) is 18.4 Å². The van der Waals surface area contributed by atoms with E-state index < -0.39 is 0 Å². The number of aryl methyl sites for hydroxylation is 2. The first kappa shape index (κ1) is 13.6. The minimum absolute atomic E-state index is 0.180. The van der Waals surface area contributed by atoms with E-state index in [-0.39, 0.29) is 5.91 Å². The minimum Gasteiger partial charge on any atom is -0.352 e. The minimum atomic E-state index is 0.180. The Hall–Kier alpha value is -1.36. The van der Waals surface area contributed by atoms with E-state index in [0.29, 0.717) is 31.0 Å². The molecule has 2 atom stereocenters. The summed E-state index contributed by atoms with van der Waals surface area (Å²) in [6, 6.07) is 1.32. The number of fused-ring (bicyclic) bond motifs is 2. The molecule has 2 bridgehead atoms. The molecule has 2 N–H and O–H groups in total. The van der Waals surface area contributed by atoms with E-state index >= 15 is 0 Å². The summed E-state index contributed by atoms with van der Waals surface area (Å²) in [6.07, 6.45) is 7.55. The van der Waals surface area contributed by atoms with Crippen LogP contribution in [0.4, 0.5) is 0 Å². The molecular formula is C15H24N4O. The van der Waals surface area contributed by atoms with Crippen molar-refractivity contribution >= 4 is 5.91 Å². The zero-order valence-corrected chi connectivity index (χ0v) is 12.4. The molecule has 2 saturated heterocycles. The first-order valence-corrected chi connectivity index (χ1v) is 7.62. The third kappa shape index (κ3) is 3.03. The molecule has 2 fully saturated rings. The lowest BCUT2D eigenvalue weighted by atomic mass is 9.89. The summed E-state index contributed by atoms with van der Waals surface area (Å²) in [5.41, 5.74) is 2.10. The zero-order chi connectivity index (χ0) is 14.1. The molecule has 3 heterocycles. The van der Waals surface area contributed by atoms with Gasteiger partial charge in [-0.1, -0.05) is 0 Å². The highest BCUT2D eigenvalue weighted by molar-refractivity contribution is 5.76. The van der Waals surface area contributed by atoms with Crippen LogP contribution in [0.15, 0.2) is 6.20 Å². The topological polar surface area (TPSA) is 59.0 Å². The summed E-state index contributed by atoms with van der Waals surface area (Å²) in [5.74, 6) is 0.739. The van der Waals surface area contributed by atoms with E-state index in [9.17, 15) is 4.79 Å². The number of rotatable bonds is 4. The average molecular weight is 276 g/mol. The van der Waals surface area contributed by atoms with Gasteiger partial charge in [-0.25, -0.2) is 0 Å². The van der Waals surface area contributed by atoms with Crippen molar-refractivity contribution in [3.05, 3.63) is 17.5 Å². The molecule has 110 valence electrons. The van der Waals surface area contributed by atoms with E-state index in [2.05, 4.69) is 15.7 Å². The Bertz CT molecular complexity index is 484. The van der Waals surface area contributed by atoms with E-state index in [0.717, 1.165) is 24.1 Å².